The number of alkyl halides is 1. The second kappa shape index (κ2) is 11.0. The molecule has 0 aromatic heterocycles. The summed E-state index contributed by atoms with van der Waals surface area (Å²) in [4.78, 5) is 15.7. The molecule has 0 aliphatic carbocycles. The smallest absolute Gasteiger partial charge is 0.316 e. The number of hydrogen-bond donors (Lipinski definition) is 0. The third-order valence-corrected chi connectivity index (χ3v) is 7.18. The second-order valence-corrected chi connectivity index (χ2v) is 11.1. The van der Waals surface area contributed by atoms with E-state index in [1.165, 1.54) is 5.57 Å². The van der Waals surface area contributed by atoms with Crippen molar-refractivity contribution in [2.45, 2.75) is 51.0 Å². The number of esters is 1. The average molecular weight is 484 g/mol. The molecule has 2 aromatic rings. The number of likely N-dealkylation sites (tertiary alicyclic amines) is 1. The number of halogens is 1. The van der Waals surface area contributed by atoms with Crippen LogP contribution in [-0.2, 0) is 4.79 Å². The van der Waals surface area contributed by atoms with E-state index >= 15 is 0 Å². The first kappa shape index (κ1) is 24.8. The summed E-state index contributed by atoms with van der Waals surface area (Å²) >= 11 is 1.79. The van der Waals surface area contributed by atoms with E-state index in [9.17, 15) is 9.18 Å². The van der Waals surface area contributed by atoms with Gasteiger partial charge in [-0.15, -0.1) is 11.8 Å². The highest BCUT2D eigenvalue weighted by molar-refractivity contribution is 7.99. The van der Waals surface area contributed by atoms with Crippen LogP contribution in [0.3, 0.4) is 0 Å². The predicted molar refractivity (Wildman–Crippen MR) is 136 cm³/mol. The summed E-state index contributed by atoms with van der Waals surface area (Å²) in [5.74, 6) is 2.21. The van der Waals surface area contributed by atoms with Gasteiger partial charge in [0.25, 0.3) is 0 Å². The first-order valence-electron chi connectivity index (χ1n) is 12.1. The molecule has 0 radical (unpaired) electrons. The van der Waals surface area contributed by atoms with Crippen molar-refractivity contribution in [2.75, 3.05) is 32.1 Å². The van der Waals surface area contributed by atoms with Gasteiger partial charge in [0.2, 0.25) is 0 Å². The van der Waals surface area contributed by atoms with E-state index in [1.54, 1.807) is 11.8 Å². The van der Waals surface area contributed by atoms with E-state index in [1.807, 2.05) is 45.0 Å². The molecule has 1 atom stereocenters. The van der Waals surface area contributed by atoms with Gasteiger partial charge in [-0.2, -0.15) is 0 Å². The third-order valence-electron chi connectivity index (χ3n) is 6.10. The van der Waals surface area contributed by atoms with Gasteiger partial charge in [0.15, 0.2) is 0 Å². The van der Waals surface area contributed by atoms with Crippen molar-refractivity contribution >= 4 is 23.3 Å². The Labute approximate surface area is 206 Å². The predicted octanol–water partition coefficient (Wildman–Crippen LogP) is 6.38. The van der Waals surface area contributed by atoms with Crippen molar-refractivity contribution in [1.82, 2.24) is 4.90 Å². The van der Waals surface area contributed by atoms with Crippen LogP contribution >= 0.6 is 11.8 Å². The maximum atomic E-state index is 12.4. The molecule has 4 rings (SSSR count). The highest BCUT2D eigenvalue weighted by atomic mass is 32.2. The van der Waals surface area contributed by atoms with Crippen LogP contribution in [0.5, 0.6) is 11.5 Å². The third kappa shape index (κ3) is 6.22. The molecular formula is C28H34FNO3S. The van der Waals surface area contributed by atoms with Crippen molar-refractivity contribution < 1.29 is 18.7 Å². The van der Waals surface area contributed by atoms with Crippen LogP contribution in [0, 0.1) is 5.41 Å². The summed E-state index contributed by atoms with van der Waals surface area (Å²) in [6.07, 6.45) is 4.99. The Morgan fingerprint density at radius 2 is 1.91 bits per heavy atom. The molecule has 2 aliphatic heterocycles. The standard InChI is InChI=1S/C28H34FNO3S/c1-28(2,3)27(31)33-22-11-12-25-24(6-4-17-34-26(25)18-22)20-7-9-21(10-8-20)32-23-13-16-30(19-23)15-5-14-29/h6-12,18,23H,4-5,13-17,19H2,1-3H3. The topological polar surface area (TPSA) is 38.8 Å². The van der Waals surface area contributed by atoms with Crippen LogP contribution in [0.1, 0.15) is 51.2 Å². The summed E-state index contributed by atoms with van der Waals surface area (Å²) in [5, 5.41) is 0. The van der Waals surface area contributed by atoms with E-state index in [4.69, 9.17) is 9.47 Å². The Balaban J connectivity index is 1.45. The monoisotopic (exact) mass is 483 g/mol. The molecule has 0 amide bonds. The summed E-state index contributed by atoms with van der Waals surface area (Å²) < 4.78 is 24.2. The molecule has 1 fully saturated rings. The van der Waals surface area contributed by atoms with Gasteiger partial charge in [0.05, 0.1) is 12.1 Å². The molecule has 0 saturated carbocycles. The number of carbonyl (C=O) groups is 1. The summed E-state index contributed by atoms with van der Waals surface area (Å²) in [6, 6.07) is 14.2. The van der Waals surface area contributed by atoms with Crippen molar-refractivity contribution in [2.24, 2.45) is 5.41 Å². The lowest BCUT2D eigenvalue weighted by molar-refractivity contribution is -0.143. The number of rotatable bonds is 7. The van der Waals surface area contributed by atoms with E-state index in [-0.39, 0.29) is 18.7 Å². The Bertz CT molecular complexity index is 1030. The van der Waals surface area contributed by atoms with E-state index in [0.29, 0.717) is 12.2 Å². The van der Waals surface area contributed by atoms with Gasteiger partial charge in [-0.05, 0) is 87.1 Å². The summed E-state index contributed by atoms with van der Waals surface area (Å²) in [6.45, 7) is 7.95. The lowest BCUT2D eigenvalue weighted by Gasteiger charge is -2.18. The van der Waals surface area contributed by atoms with Gasteiger partial charge in [-0.25, -0.2) is 0 Å². The van der Waals surface area contributed by atoms with Crippen LogP contribution in [0.2, 0.25) is 0 Å². The molecule has 0 bridgehead atoms. The van der Waals surface area contributed by atoms with Crippen LogP contribution in [0.15, 0.2) is 53.4 Å². The number of carbonyl (C=O) groups excluding carboxylic acids is 1. The number of hydrogen-bond acceptors (Lipinski definition) is 5. The molecule has 1 saturated heterocycles. The second-order valence-electron chi connectivity index (χ2n) is 9.95. The number of thioether (sulfide) groups is 1. The molecule has 4 nitrogen and oxygen atoms in total. The zero-order valence-corrected chi connectivity index (χ0v) is 21.1. The maximum absolute atomic E-state index is 12.4. The first-order chi connectivity index (χ1) is 16.3. The molecule has 2 aromatic carbocycles. The highest BCUT2D eigenvalue weighted by Gasteiger charge is 2.25. The number of benzene rings is 2. The first-order valence-corrected chi connectivity index (χ1v) is 13.1. The number of allylic oxidation sites excluding steroid dienone is 1. The Morgan fingerprint density at radius 1 is 1.15 bits per heavy atom. The quantitative estimate of drug-likeness (QED) is 0.338. The fourth-order valence-electron chi connectivity index (χ4n) is 4.21. The van der Waals surface area contributed by atoms with Crippen LogP contribution in [0.4, 0.5) is 4.39 Å². The normalized spacial score (nSPS) is 18.7. The molecule has 2 aliphatic rings. The zero-order valence-electron chi connectivity index (χ0n) is 20.3. The Morgan fingerprint density at radius 3 is 2.65 bits per heavy atom. The van der Waals surface area contributed by atoms with Crippen molar-refractivity contribution in [3.05, 3.63) is 59.7 Å². The number of nitrogens with zero attached hydrogens (tertiary/aromatic N) is 1. The zero-order chi connectivity index (χ0) is 24.1. The van der Waals surface area contributed by atoms with Gasteiger partial charge in [0, 0.05) is 30.3 Å². The SMILES string of the molecule is CC(C)(C)C(=O)Oc1ccc2c(c1)SCCC=C2c1ccc(OC2CCN(CCCF)C2)cc1. The number of fused-ring (bicyclic) bond motifs is 1. The molecular weight excluding hydrogens is 449 g/mol. The van der Waals surface area contributed by atoms with Gasteiger partial charge >= 0.3 is 5.97 Å². The summed E-state index contributed by atoms with van der Waals surface area (Å²) in [5.41, 5.74) is 2.95. The fourth-order valence-corrected chi connectivity index (χ4v) is 5.20. The average Bonchev–Trinajstić information content (AvgIpc) is 3.14. The van der Waals surface area contributed by atoms with E-state index in [2.05, 4.69) is 29.2 Å². The van der Waals surface area contributed by atoms with Gasteiger partial charge in [0.1, 0.15) is 17.6 Å². The van der Waals surface area contributed by atoms with Crippen LogP contribution in [-0.4, -0.2) is 49.0 Å². The van der Waals surface area contributed by atoms with Gasteiger partial charge in [-0.3, -0.25) is 14.1 Å². The molecule has 34 heavy (non-hydrogen) atoms. The van der Waals surface area contributed by atoms with Crippen molar-refractivity contribution in [3.63, 3.8) is 0 Å². The molecule has 0 N–H and O–H groups in total. The minimum Gasteiger partial charge on any atom is -0.489 e. The lowest BCUT2D eigenvalue weighted by Crippen LogP contribution is -2.26. The van der Waals surface area contributed by atoms with Gasteiger partial charge in [-0.1, -0.05) is 18.2 Å². The molecule has 6 heteroatoms. The van der Waals surface area contributed by atoms with Crippen LogP contribution < -0.4 is 9.47 Å². The lowest BCUT2D eigenvalue weighted by atomic mass is 9.96. The Kier molecular flexibility index (Phi) is 7.99. The van der Waals surface area contributed by atoms with Gasteiger partial charge < -0.3 is 9.47 Å². The van der Waals surface area contributed by atoms with Crippen molar-refractivity contribution in [1.29, 1.82) is 0 Å². The largest absolute Gasteiger partial charge is 0.489 e. The minimum atomic E-state index is -0.542. The summed E-state index contributed by atoms with van der Waals surface area (Å²) in [7, 11) is 0. The Hall–Kier alpha value is -2.31. The van der Waals surface area contributed by atoms with Crippen LogP contribution in [0.25, 0.3) is 5.57 Å². The maximum Gasteiger partial charge on any atom is 0.316 e. The van der Waals surface area contributed by atoms with E-state index in [0.717, 1.165) is 60.0 Å². The number of ether oxygens (including phenoxy) is 2. The van der Waals surface area contributed by atoms with E-state index < -0.39 is 5.41 Å². The highest BCUT2D eigenvalue weighted by Crippen LogP contribution is 2.38. The van der Waals surface area contributed by atoms with Crippen molar-refractivity contribution in [3.8, 4) is 11.5 Å². The molecule has 2 heterocycles. The minimum absolute atomic E-state index is 0.161. The fraction of sp³-hybridized carbons (Fsp3) is 0.464. The molecule has 1 unspecified atom stereocenters. The molecule has 0 spiro atoms. The molecule has 182 valence electrons.